The summed E-state index contributed by atoms with van der Waals surface area (Å²) in [5, 5.41) is 16.3. The third-order valence-corrected chi connectivity index (χ3v) is 6.38. The number of halogens is 1. The third kappa shape index (κ3) is 6.16. The number of alkyl halides is 1. The molecule has 3 heterocycles. The number of hydrogen-bond donors (Lipinski definition) is 3. The highest BCUT2D eigenvalue weighted by atomic mass is 19.1. The zero-order chi connectivity index (χ0) is 23.2. The number of rotatable bonds is 9. The quantitative estimate of drug-likeness (QED) is 0.491. The maximum atomic E-state index is 13.7. The summed E-state index contributed by atoms with van der Waals surface area (Å²) < 4.78 is 18.7. The Morgan fingerprint density at radius 3 is 2.67 bits per heavy atom. The van der Waals surface area contributed by atoms with Gasteiger partial charge in [0.05, 0.1) is 29.9 Å². The van der Waals surface area contributed by atoms with Gasteiger partial charge in [0.2, 0.25) is 5.95 Å². The van der Waals surface area contributed by atoms with Crippen molar-refractivity contribution in [2.75, 3.05) is 23.8 Å². The van der Waals surface area contributed by atoms with E-state index in [9.17, 15) is 14.3 Å². The van der Waals surface area contributed by atoms with E-state index in [4.69, 9.17) is 4.74 Å². The van der Waals surface area contributed by atoms with Crippen molar-refractivity contribution in [2.24, 2.45) is 5.92 Å². The Kier molecular flexibility index (Phi) is 7.69. The average Bonchev–Trinajstić information content (AvgIpc) is 3.24. The molecular weight excluding hydrogens is 425 g/mol. The highest BCUT2D eigenvalue weighted by molar-refractivity contribution is 5.75. The van der Waals surface area contributed by atoms with E-state index >= 15 is 0 Å². The SMILES string of the molecule is CC[C@H](F)CNc1ncc(-c2ccc(CC3CCOC3=O)cn2)c(NC2CCC(O)CC2)n1. The summed E-state index contributed by atoms with van der Waals surface area (Å²) >= 11 is 0. The fourth-order valence-corrected chi connectivity index (χ4v) is 4.24. The number of hydrogen-bond acceptors (Lipinski definition) is 8. The first-order valence-electron chi connectivity index (χ1n) is 11.8. The lowest BCUT2D eigenvalue weighted by molar-refractivity contribution is -0.141. The van der Waals surface area contributed by atoms with E-state index < -0.39 is 6.17 Å². The molecule has 0 aromatic carbocycles. The lowest BCUT2D eigenvalue weighted by Gasteiger charge is -2.27. The molecule has 2 aromatic heterocycles. The number of anilines is 2. The molecule has 1 aliphatic heterocycles. The standard InChI is InChI=1S/C24H32FN5O3/c1-2-17(25)13-27-24-28-14-20(22(30-24)29-18-4-6-19(31)7-5-18)21-8-3-15(12-26-21)11-16-9-10-33-23(16)32/h3,8,12,14,16-19,31H,2,4-7,9-11,13H2,1H3,(H2,27,28,29,30)/t16?,17-,18?,19?/m0/s1. The van der Waals surface area contributed by atoms with Crippen molar-refractivity contribution < 1.29 is 19.0 Å². The zero-order valence-electron chi connectivity index (χ0n) is 19.0. The first-order valence-corrected chi connectivity index (χ1v) is 11.8. The van der Waals surface area contributed by atoms with Crippen molar-refractivity contribution in [3.05, 3.63) is 30.1 Å². The number of aliphatic hydroxyl groups is 1. The first-order chi connectivity index (χ1) is 16.0. The second kappa shape index (κ2) is 10.9. The fourth-order valence-electron chi connectivity index (χ4n) is 4.24. The Balaban J connectivity index is 1.52. The number of carbonyl (C=O) groups is 1. The van der Waals surface area contributed by atoms with Gasteiger partial charge in [0.1, 0.15) is 12.0 Å². The minimum Gasteiger partial charge on any atom is -0.465 e. The van der Waals surface area contributed by atoms with Crippen LogP contribution in [0.2, 0.25) is 0 Å². The van der Waals surface area contributed by atoms with Gasteiger partial charge < -0.3 is 20.5 Å². The van der Waals surface area contributed by atoms with Gasteiger partial charge in [-0.3, -0.25) is 9.78 Å². The van der Waals surface area contributed by atoms with Crippen molar-refractivity contribution in [1.82, 2.24) is 15.0 Å². The van der Waals surface area contributed by atoms with Crippen LogP contribution in [0.1, 0.15) is 51.0 Å². The minimum atomic E-state index is -0.962. The molecule has 2 aromatic rings. The van der Waals surface area contributed by atoms with E-state index in [1.165, 1.54) is 0 Å². The number of aliphatic hydroxyl groups excluding tert-OH is 1. The third-order valence-electron chi connectivity index (χ3n) is 6.38. The van der Waals surface area contributed by atoms with Gasteiger partial charge in [0, 0.05) is 25.0 Å². The van der Waals surface area contributed by atoms with Crippen molar-refractivity contribution in [3.63, 3.8) is 0 Å². The largest absolute Gasteiger partial charge is 0.465 e. The number of aromatic nitrogens is 3. The van der Waals surface area contributed by atoms with Gasteiger partial charge in [0.15, 0.2) is 0 Å². The van der Waals surface area contributed by atoms with Crippen molar-refractivity contribution >= 4 is 17.7 Å². The highest BCUT2D eigenvalue weighted by Gasteiger charge is 2.27. The molecule has 0 radical (unpaired) electrons. The van der Waals surface area contributed by atoms with Crippen LogP contribution < -0.4 is 10.6 Å². The van der Waals surface area contributed by atoms with Crippen LogP contribution in [0.3, 0.4) is 0 Å². The minimum absolute atomic E-state index is 0.104. The van der Waals surface area contributed by atoms with E-state index in [2.05, 4.69) is 25.6 Å². The zero-order valence-corrected chi connectivity index (χ0v) is 19.0. The molecule has 1 saturated heterocycles. The van der Waals surface area contributed by atoms with E-state index in [-0.39, 0.29) is 30.6 Å². The molecule has 178 valence electrons. The Labute approximate surface area is 193 Å². The van der Waals surface area contributed by atoms with Crippen LogP contribution in [0.4, 0.5) is 16.2 Å². The Hall–Kier alpha value is -2.81. The molecule has 0 spiro atoms. The number of pyridine rings is 1. The Morgan fingerprint density at radius 1 is 1.18 bits per heavy atom. The van der Waals surface area contributed by atoms with E-state index in [1.807, 2.05) is 12.1 Å². The van der Waals surface area contributed by atoms with Crippen molar-refractivity contribution in [1.29, 1.82) is 0 Å². The molecule has 3 N–H and O–H groups in total. The molecular formula is C24H32FN5O3. The van der Waals surface area contributed by atoms with Gasteiger partial charge in [-0.15, -0.1) is 0 Å². The van der Waals surface area contributed by atoms with Crippen LogP contribution in [-0.4, -0.2) is 57.5 Å². The smallest absolute Gasteiger partial charge is 0.309 e. The van der Waals surface area contributed by atoms with Gasteiger partial charge in [-0.25, -0.2) is 9.37 Å². The molecule has 33 heavy (non-hydrogen) atoms. The van der Waals surface area contributed by atoms with Gasteiger partial charge >= 0.3 is 5.97 Å². The number of nitrogens with one attached hydrogen (secondary N) is 2. The molecule has 8 nitrogen and oxygen atoms in total. The summed E-state index contributed by atoms with van der Waals surface area (Å²) in [5.74, 6) is 0.760. The molecule has 1 aliphatic carbocycles. The maximum absolute atomic E-state index is 13.7. The summed E-state index contributed by atoms with van der Waals surface area (Å²) in [6, 6.07) is 4.06. The molecule has 2 fully saturated rings. The van der Waals surface area contributed by atoms with E-state index in [1.54, 1.807) is 19.3 Å². The van der Waals surface area contributed by atoms with E-state index in [0.717, 1.165) is 48.9 Å². The predicted molar refractivity (Wildman–Crippen MR) is 124 cm³/mol. The molecule has 9 heteroatoms. The van der Waals surface area contributed by atoms with Crippen LogP contribution in [0.25, 0.3) is 11.3 Å². The summed E-state index contributed by atoms with van der Waals surface area (Å²) in [6.07, 6.45) is 7.25. The fraction of sp³-hybridized carbons (Fsp3) is 0.583. The summed E-state index contributed by atoms with van der Waals surface area (Å²) in [7, 11) is 0. The van der Waals surface area contributed by atoms with Gasteiger partial charge in [-0.05, 0) is 56.6 Å². The van der Waals surface area contributed by atoms with Gasteiger partial charge in [0.25, 0.3) is 0 Å². The Bertz CT molecular complexity index is 934. The number of cyclic esters (lactones) is 1. The lowest BCUT2D eigenvalue weighted by Crippen LogP contribution is -2.29. The van der Waals surface area contributed by atoms with Crippen LogP contribution >= 0.6 is 0 Å². The molecule has 0 amide bonds. The monoisotopic (exact) mass is 457 g/mol. The van der Waals surface area contributed by atoms with Gasteiger partial charge in [-0.1, -0.05) is 13.0 Å². The topological polar surface area (TPSA) is 109 Å². The predicted octanol–water partition coefficient (Wildman–Crippen LogP) is 3.52. The average molecular weight is 458 g/mol. The maximum Gasteiger partial charge on any atom is 0.309 e. The summed E-state index contributed by atoms with van der Waals surface area (Å²) in [5.41, 5.74) is 2.45. The molecule has 2 aliphatic rings. The number of nitrogens with zero attached hydrogens (tertiary/aromatic N) is 3. The Morgan fingerprint density at radius 2 is 2.00 bits per heavy atom. The van der Waals surface area contributed by atoms with Crippen molar-refractivity contribution in [3.8, 4) is 11.3 Å². The molecule has 0 bridgehead atoms. The van der Waals surface area contributed by atoms with Gasteiger partial charge in [-0.2, -0.15) is 4.98 Å². The normalized spacial score (nSPS) is 23.7. The lowest BCUT2D eigenvalue weighted by atomic mass is 9.93. The second-order valence-electron chi connectivity index (χ2n) is 8.90. The number of carbonyl (C=O) groups excluding carboxylic acids is 1. The highest BCUT2D eigenvalue weighted by Crippen LogP contribution is 2.29. The first kappa shape index (κ1) is 23.4. The molecule has 1 saturated carbocycles. The van der Waals surface area contributed by atoms with Crippen LogP contribution in [0.5, 0.6) is 0 Å². The van der Waals surface area contributed by atoms with Crippen molar-refractivity contribution in [2.45, 2.75) is 70.2 Å². The number of ether oxygens (including phenoxy) is 1. The van der Waals surface area contributed by atoms with Crippen LogP contribution in [0, 0.1) is 5.92 Å². The summed E-state index contributed by atoms with van der Waals surface area (Å²) in [6.45, 7) is 2.44. The molecule has 4 rings (SSSR count). The second-order valence-corrected chi connectivity index (χ2v) is 8.90. The van der Waals surface area contributed by atoms with Crippen LogP contribution in [-0.2, 0) is 16.0 Å². The van der Waals surface area contributed by atoms with E-state index in [0.29, 0.717) is 31.2 Å². The summed E-state index contributed by atoms with van der Waals surface area (Å²) in [4.78, 5) is 25.4. The number of esters is 1. The molecule has 2 atom stereocenters. The van der Waals surface area contributed by atoms with Crippen LogP contribution in [0.15, 0.2) is 24.5 Å². The molecule has 1 unspecified atom stereocenters.